The largest absolute Gasteiger partial charge is 0.355 e. The van der Waals surface area contributed by atoms with Gasteiger partial charge < -0.3 is 4.23 Å². The predicted molar refractivity (Wildman–Crippen MR) is 153 cm³/mol. The van der Waals surface area contributed by atoms with E-state index in [2.05, 4.69) is 119 Å². The Morgan fingerprint density at radius 3 is 1.54 bits per heavy atom. The number of para-hydroxylation sites is 2. The molecule has 0 amide bonds. The molecule has 5 aromatic carbocycles. The fourth-order valence-electron chi connectivity index (χ4n) is 5.84. The van der Waals surface area contributed by atoms with Crippen LogP contribution in [-0.4, -0.2) is 12.5 Å². The van der Waals surface area contributed by atoms with Crippen LogP contribution in [-0.2, 0) is 0 Å². The van der Waals surface area contributed by atoms with Crippen molar-refractivity contribution >= 4 is 45.6 Å². The van der Waals surface area contributed by atoms with E-state index in [-0.39, 0.29) is 0 Å². The molecule has 0 bridgehead atoms. The molecule has 0 N–H and O–H groups in total. The van der Waals surface area contributed by atoms with E-state index in [9.17, 15) is 10.5 Å². The highest BCUT2D eigenvalue weighted by atomic mass is 28.3. The fraction of sp³-hybridized carbons (Fsp3) is 0.0303. The van der Waals surface area contributed by atoms with Crippen LogP contribution in [0.25, 0.3) is 21.8 Å². The average molecular weight is 490 g/mol. The summed E-state index contributed by atoms with van der Waals surface area (Å²) >= 11 is 0. The summed E-state index contributed by atoms with van der Waals surface area (Å²) in [4.78, 5) is 0. The van der Waals surface area contributed by atoms with Crippen LogP contribution in [0.5, 0.6) is 0 Å². The van der Waals surface area contributed by atoms with Crippen LogP contribution in [0.2, 0.25) is 0 Å². The maximum absolute atomic E-state index is 10.1. The number of rotatable bonds is 4. The van der Waals surface area contributed by atoms with Gasteiger partial charge >= 0.3 is 0 Å². The second kappa shape index (κ2) is 8.95. The van der Waals surface area contributed by atoms with E-state index in [1.54, 1.807) is 0 Å². The Balaban J connectivity index is 1.92. The normalized spacial score (nSPS) is 11.3. The number of nitrogens with zero attached hydrogens (tertiary/aromatic N) is 3. The zero-order chi connectivity index (χ0) is 25.4. The monoisotopic (exact) mass is 489 g/mol. The van der Waals surface area contributed by atoms with Gasteiger partial charge in [-0.15, -0.1) is 0 Å². The smallest absolute Gasteiger partial charge is 0.257 e. The molecule has 0 unspecified atom stereocenters. The highest BCUT2D eigenvalue weighted by molar-refractivity contribution is 7.11. The SMILES string of the molecule is Cc1c([Si](c2ccccc2)(c2ccccc2)n2c3ccccc3c3ccccc32)ccc(C#N)c1C#N. The van der Waals surface area contributed by atoms with E-state index < -0.39 is 8.24 Å². The molecule has 3 nitrogen and oxygen atoms in total. The standard InChI is InChI=1S/C33H23N3Si/c1-24-30(23-35)25(22-34)20-21-33(24)37(26-12-4-2-5-13-26,27-14-6-3-7-15-27)36-31-18-10-8-16-28(31)29-17-9-11-19-32(29)36/h2-21H,1H3. The average Bonchev–Trinajstić information content (AvgIpc) is 3.30. The number of nitriles is 2. The van der Waals surface area contributed by atoms with Gasteiger partial charge in [-0.05, 0) is 46.2 Å². The molecule has 0 aliphatic rings. The van der Waals surface area contributed by atoms with Crippen LogP contribution >= 0.6 is 0 Å². The Hall–Kier alpha value is -4.90. The number of aromatic nitrogens is 1. The molecule has 0 aliphatic heterocycles. The van der Waals surface area contributed by atoms with E-state index in [4.69, 9.17) is 0 Å². The Morgan fingerprint density at radius 2 is 1.05 bits per heavy atom. The van der Waals surface area contributed by atoms with Crippen molar-refractivity contribution in [1.82, 2.24) is 4.23 Å². The lowest BCUT2D eigenvalue weighted by Gasteiger charge is -2.37. The number of benzene rings is 5. The van der Waals surface area contributed by atoms with Crippen molar-refractivity contribution in [3.8, 4) is 12.1 Å². The van der Waals surface area contributed by atoms with Gasteiger partial charge in [-0.2, -0.15) is 10.5 Å². The number of hydrogen-bond donors (Lipinski definition) is 0. The minimum Gasteiger partial charge on any atom is -0.355 e. The predicted octanol–water partition coefficient (Wildman–Crippen LogP) is 5.36. The van der Waals surface area contributed by atoms with Crippen molar-refractivity contribution in [2.45, 2.75) is 6.92 Å². The van der Waals surface area contributed by atoms with Gasteiger partial charge in [-0.1, -0.05) is 103 Å². The Kier molecular flexibility index (Phi) is 5.46. The van der Waals surface area contributed by atoms with Crippen LogP contribution in [0.3, 0.4) is 0 Å². The second-order valence-corrected chi connectivity index (χ2v) is 12.8. The van der Waals surface area contributed by atoms with Gasteiger partial charge in [0.15, 0.2) is 0 Å². The minimum atomic E-state index is -3.05. The molecule has 6 rings (SSSR count). The van der Waals surface area contributed by atoms with Gasteiger partial charge in [0.25, 0.3) is 8.24 Å². The van der Waals surface area contributed by atoms with E-state index in [0.29, 0.717) is 11.1 Å². The fourth-order valence-corrected chi connectivity index (χ4v) is 11.0. The molecular weight excluding hydrogens is 466 g/mol. The summed E-state index contributed by atoms with van der Waals surface area (Å²) in [7, 11) is -3.05. The highest BCUT2D eigenvalue weighted by Gasteiger charge is 2.45. The summed E-state index contributed by atoms with van der Waals surface area (Å²) in [5.41, 5.74) is 4.04. The van der Waals surface area contributed by atoms with Gasteiger partial charge in [0.1, 0.15) is 12.1 Å². The molecule has 1 aromatic heterocycles. The van der Waals surface area contributed by atoms with Crippen molar-refractivity contribution in [3.05, 3.63) is 138 Å². The van der Waals surface area contributed by atoms with Gasteiger partial charge in [0, 0.05) is 21.8 Å². The van der Waals surface area contributed by atoms with Crippen molar-refractivity contribution in [2.75, 3.05) is 0 Å². The molecule has 1 heterocycles. The third-order valence-electron chi connectivity index (χ3n) is 7.39. The second-order valence-electron chi connectivity index (χ2n) is 9.20. The molecular formula is C33H23N3Si. The molecule has 0 saturated heterocycles. The van der Waals surface area contributed by atoms with E-state index >= 15 is 0 Å². The molecule has 6 aromatic rings. The van der Waals surface area contributed by atoms with Gasteiger partial charge in [0.2, 0.25) is 0 Å². The Morgan fingerprint density at radius 1 is 0.568 bits per heavy atom. The van der Waals surface area contributed by atoms with E-state index in [1.807, 2.05) is 25.1 Å². The van der Waals surface area contributed by atoms with Crippen molar-refractivity contribution in [1.29, 1.82) is 10.5 Å². The Labute approximate surface area is 217 Å². The van der Waals surface area contributed by atoms with Gasteiger partial charge in [-0.25, -0.2) is 0 Å². The van der Waals surface area contributed by atoms with E-state index in [1.165, 1.54) is 21.1 Å². The summed E-state index contributed by atoms with van der Waals surface area (Å²) < 4.78 is 2.55. The van der Waals surface area contributed by atoms with Gasteiger partial charge in [-0.3, -0.25) is 0 Å². The first-order valence-corrected chi connectivity index (χ1v) is 14.2. The van der Waals surface area contributed by atoms with E-state index in [0.717, 1.165) is 21.8 Å². The number of fused-ring (bicyclic) bond motifs is 3. The third kappa shape index (κ3) is 3.24. The lowest BCUT2D eigenvalue weighted by Crippen LogP contribution is -2.72. The third-order valence-corrected chi connectivity index (χ3v) is 12.2. The summed E-state index contributed by atoms with van der Waals surface area (Å²) in [6.07, 6.45) is 0. The molecule has 0 spiro atoms. The summed E-state index contributed by atoms with van der Waals surface area (Å²) in [5.74, 6) is 0. The first-order chi connectivity index (χ1) is 18.2. The van der Waals surface area contributed by atoms with Crippen molar-refractivity contribution in [2.24, 2.45) is 0 Å². The van der Waals surface area contributed by atoms with Crippen LogP contribution in [0.1, 0.15) is 16.7 Å². The summed E-state index contributed by atoms with van der Waals surface area (Å²) in [5, 5.41) is 25.9. The zero-order valence-corrected chi connectivity index (χ0v) is 21.4. The van der Waals surface area contributed by atoms with Crippen molar-refractivity contribution < 1.29 is 0 Å². The molecule has 0 radical (unpaired) electrons. The summed E-state index contributed by atoms with van der Waals surface area (Å²) in [6, 6.07) is 47.0. The molecule has 174 valence electrons. The van der Waals surface area contributed by atoms with Gasteiger partial charge in [0.05, 0.1) is 11.1 Å². The molecule has 0 saturated carbocycles. The van der Waals surface area contributed by atoms with Crippen molar-refractivity contribution in [3.63, 3.8) is 0 Å². The maximum Gasteiger partial charge on any atom is 0.257 e. The van der Waals surface area contributed by atoms with Crippen LogP contribution in [0.4, 0.5) is 0 Å². The highest BCUT2D eigenvalue weighted by Crippen LogP contribution is 2.32. The lowest BCUT2D eigenvalue weighted by atomic mass is 10.0. The minimum absolute atomic E-state index is 0.412. The number of hydrogen-bond acceptors (Lipinski definition) is 2. The van der Waals surface area contributed by atoms with Crippen LogP contribution < -0.4 is 15.6 Å². The van der Waals surface area contributed by atoms with Crippen LogP contribution in [0.15, 0.2) is 121 Å². The Bertz CT molecular complexity index is 1760. The lowest BCUT2D eigenvalue weighted by molar-refractivity contribution is 1.29. The molecule has 4 heteroatoms. The molecule has 37 heavy (non-hydrogen) atoms. The zero-order valence-electron chi connectivity index (χ0n) is 20.4. The topological polar surface area (TPSA) is 52.5 Å². The molecule has 0 aliphatic carbocycles. The first-order valence-electron chi connectivity index (χ1n) is 12.3. The maximum atomic E-state index is 10.1. The molecule has 0 fully saturated rings. The summed E-state index contributed by atoms with van der Waals surface area (Å²) in [6.45, 7) is 2.00. The first kappa shape index (κ1) is 22.6. The quantitative estimate of drug-likeness (QED) is 0.247. The molecule has 0 atom stereocenters. The van der Waals surface area contributed by atoms with Crippen LogP contribution in [0, 0.1) is 29.6 Å².